The van der Waals surface area contributed by atoms with Gasteiger partial charge in [0.1, 0.15) is 17.0 Å². The molecule has 0 bridgehead atoms. The Morgan fingerprint density at radius 2 is 1.97 bits per heavy atom. The number of hydrogen-bond acceptors (Lipinski definition) is 7. The fourth-order valence-electron chi connectivity index (χ4n) is 4.14. The summed E-state index contributed by atoms with van der Waals surface area (Å²) in [6.45, 7) is 4.81. The molecule has 2 aromatic carbocycles. The third-order valence-corrected chi connectivity index (χ3v) is 6.82. The summed E-state index contributed by atoms with van der Waals surface area (Å²) < 4.78 is 24.6. The first-order chi connectivity index (χ1) is 16.9. The maximum atomic E-state index is 13.6. The van der Waals surface area contributed by atoms with Gasteiger partial charge in [-0.1, -0.05) is 18.2 Å². The number of amides is 2. The zero-order valence-corrected chi connectivity index (χ0v) is 20.0. The molecule has 4 aromatic rings. The van der Waals surface area contributed by atoms with Gasteiger partial charge in [-0.3, -0.25) is 9.59 Å². The first-order valence-corrected chi connectivity index (χ1v) is 12.0. The van der Waals surface area contributed by atoms with Crippen molar-refractivity contribution in [2.45, 2.75) is 19.9 Å². The van der Waals surface area contributed by atoms with Gasteiger partial charge < -0.3 is 19.4 Å². The number of carbonyl (C=O) groups is 2. The molecule has 5 rings (SSSR count). The van der Waals surface area contributed by atoms with Gasteiger partial charge in [-0.25, -0.2) is 14.4 Å². The van der Waals surface area contributed by atoms with Crippen LogP contribution in [0.3, 0.4) is 0 Å². The third-order valence-electron chi connectivity index (χ3n) is 5.80. The zero-order chi connectivity index (χ0) is 24.5. The van der Waals surface area contributed by atoms with E-state index in [-0.39, 0.29) is 36.8 Å². The molecule has 1 unspecified atom stereocenters. The quantitative estimate of drug-likeness (QED) is 0.451. The summed E-state index contributed by atoms with van der Waals surface area (Å²) in [4.78, 5) is 37.7. The molecule has 8 nitrogen and oxygen atoms in total. The van der Waals surface area contributed by atoms with Crippen LogP contribution in [0.2, 0.25) is 0 Å². The number of aromatic nitrogens is 2. The highest BCUT2D eigenvalue weighted by molar-refractivity contribution is 7.15. The zero-order valence-electron chi connectivity index (χ0n) is 19.2. The number of halogens is 1. The Bertz CT molecular complexity index is 1400. The highest BCUT2D eigenvalue weighted by Crippen LogP contribution is 2.32. The molecular formula is C25H23FN4O4S. The van der Waals surface area contributed by atoms with Crippen LogP contribution in [0.25, 0.3) is 21.5 Å². The molecule has 180 valence electrons. The number of ether oxygens (including phenoxy) is 1. The highest BCUT2D eigenvalue weighted by atomic mass is 32.1. The van der Waals surface area contributed by atoms with Crippen LogP contribution in [0.5, 0.6) is 0 Å². The van der Waals surface area contributed by atoms with E-state index in [2.05, 4.69) is 15.3 Å². The van der Waals surface area contributed by atoms with Crippen molar-refractivity contribution in [3.05, 3.63) is 70.4 Å². The second kappa shape index (κ2) is 9.55. The van der Waals surface area contributed by atoms with Crippen molar-refractivity contribution in [1.29, 1.82) is 0 Å². The second-order valence-electron chi connectivity index (χ2n) is 8.24. The molecule has 2 amide bonds. The number of nitrogens with zero attached hydrogens (tertiary/aromatic N) is 3. The van der Waals surface area contributed by atoms with Crippen LogP contribution >= 0.6 is 11.3 Å². The van der Waals surface area contributed by atoms with E-state index in [4.69, 9.17) is 9.15 Å². The van der Waals surface area contributed by atoms with Gasteiger partial charge in [-0.2, -0.15) is 0 Å². The number of benzene rings is 2. The Labute approximate surface area is 204 Å². The van der Waals surface area contributed by atoms with Gasteiger partial charge in [0.15, 0.2) is 11.5 Å². The van der Waals surface area contributed by atoms with Gasteiger partial charge in [0.2, 0.25) is 0 Å². The predicted molar refractivity (Wildman–Crippen MR) is 129 cm³/mol. The molecule has 0 radical (unpaired) electrons. The van der Waals surface area contributed by atoms with Crippen LogP contribution < -0.4 is 5.32 Å². The topological polar surface area (TPSA) is 97.6 Å². The molecule has 35 heavy (non-hydrogen) atoms. The lowest BCUT2D eigenvalue weighted by Gasteiger charge is -2.35. The number of hydrogen-bond donors (Lipinski definition) is 1. The Kier molecular flexibility index (Phi) is 6.31. The van der Waals surface area contributed by atoms with Gasteiger partial charge in [0.25, 0.3) is 11.8 Å². The van der Waals surface area contributed by atoms with E-state index < -0.39 is 0 Å². The molecular weight excluding hydrogens is 471 g/mol. The van der Waals surface area contributed by atoms with E-state index in [9.17, 15) is 14.0 Å². The molecule has 10 heteroatoms. The highest BCUT2D eigenvalue weighted by Gasteiger charge is 2.32. The van der Waals surface area contributed by atoms with Crippen LogP contribution in [-0.4, -0.2) is 59.0 Å². The van der Waals surface area contributed by atoms with Crippen molar-refractivity contribution >= 4 is 34.3 Å². The fraction of sp³-hybridized carbons (Fsp3) is 0.280. The van der Waals surface area contributed by atoms with Crippen LogP contribution in [0.15, 0.2) is 46.9 Å². The number of morpholine rings is 1. The van der Waals surface area contributed by atoms with E-state index in [0.717, 1.165) is 10.6 Å². The summed E-state index contributed by atoms with van der Waals surface area (Å²) in [7, 11) is 0. The molecule has 1 aliphatic heterocycles. The Morgan fingerprint density at radius 3 is 2.77 bits per heavy atom. The average molecular weight is 495 g/mol. The maximum Gasteiger partial charge on any atom is 0.274 e. The SMILES string of the molecule is Cc1nc2c(C(=O)NCC3COCCN3C(=O)c3nc(C)sc3-c3ccc(F)cc3)cccc2o1. The molecule has 1 fully saturated rings. The second-order valence-corrected chi connectivity index (χ2v) is 9.44. The van der Waals surface area contributed by atoms with Crippen molar-refractivity contribution in [3.8, 4) is 10.4 Å². The number of fused-ring (bicyclic) bond motifs is 1. The summed E-state index contributed by atoms with van der Waals surface area (Å²) in [5.74, 6) is -0.416. The minimum atomic E-state index is -0.374. The summed E-state index contributed by atoms with van der Waals surface area (Å²) >= 11 is 1.39. The van der Waals surface area contributed by atoms with Crippen molar-refractivity contribution in [1.82, 2.24) is 20.2 Å². The lowest BCUT2D eigenvalue weighted by atomic mass is 10.1. The molecule has 0 spiro atoms. The monoisotopic (exact) mass is 494 g/mol. The molecule has 3 heterocycles. The first kappa shape index (κ1) is 23.1. The van der Waals surface area contributed by atoms with Crippen molar-refractivity contribution in [2.75, 3.05) is 26.3 Å². The number of aryl methyl sites for hydroxylation is 2. The maximum absolute atomic E-state index is 13.6. The Hall–Kier alpha value is -3.63. The number of nitrogens with one attached hydrogen (secondary N) is 1. The minimum absolute atomic E-state index is 0.201. The smallest absolute Gasteiger partial charge is 0.274 e. The predicted octanol–water partition coefficient (Wildman–Crippen LogP) is 3.98. The van der Waals surface area contributed by atoms with E-state index in [1.807, 2.05) is 6.92 Å². The number of rotatable bonds is 5. The van der Waals surface area contributed by atoms with Gasteiger partial charge in [-0.05, 0) is 36.8 Å². The molecule has 1 N–H and O–H groups in total. The molecule has 1 atom stereocenters. The van der Waals surface area contributed by atoms with Crippen LogP contribution in [-0.2, 0) is 4.74 Å². The molecule has 0 saturated carbocycles. The average Bonchev–Trinajstić information content (AvgIpc) is 3.44. The normalized spacial score (nSPS) is 16.0. The van der Waals surface area contributed by atoms with E-state index >= 15 is 0 Å². The van der Waals surface area contributed by atoms with Gasteiger partial charge >= 0.3 is 0 Å². The van der Waals surface area contributed by atoms with E-state index in [0.29, 0.717) is 46.3 Å². The standard InChI is InChI=1S/C25H23FN4O4S/c1-14-28-21-19(4-3-5-20(21)34-14)24(31)27-12-18-13-33-11-10-30(18)25(32)22-23(35-15(2)29-22)16-6-8-17(26)9-7-16/h3-9,18H,10-13H2,1-2H3,(H,27,31). The molecule has 2 aromatic heterocycles. The van der Waals surface area contributed by atoms with Crippen LogP contribution in [0, 0.1) is 19.7 Å². The lowest BCUT2D eigenvalue weighted by molar-refractivity contribution is -0.00152. The van der Waals surface area contributed by atoms with Crippen molar-refractivity contribution in [3.63, 3.8) is 0 Å². The van der Waals surface area contributed by atoms with E-state index in [1.165, 1.54) is 23.5 Å². The number of oxazole rings is 1. The first-order valence-electron chi connectivity index (χ1n) is 11.2. The van der Waals surface area contributed by atoms with Gasteiger partial charge in [0, 0.05) is 20.0 Å². The lowest BCUT2D eigenvalue weighted by Crippen LogP contribution is -2.53. The molecule has 1 saturated heterocycles. The third kappa shape index (κ3) is 4.67. The summed E-state index contributed by atoms with van der Waals surface area (Å²) in [5.41, 5.74) is 2.50. The summed E-state index contributed by atoms with van der Waals surface area (Å²) in [6, 6.07) is 10.8. The number of carbonyl (C=O) groups excluding carboxylic acids is 2. The van der Waals surface area contributed by atoms with Crippen molar-refractivity contribution < 1.29 is 23.1 Å². The van der Waals surface area contributed by atoms with Crippen molar-refractivity contribution in [2.24, 2.45) is 0 Å². The number of thiazole rings is 1. The van der Waals surface area contributed by atoms with Crippen LogP contribution in [0.4, 0.5) is 4.39 Å². The summed E-state index contributed by atoms with van der Waals surface area (Å²) in [6.07, 6.45) is 0. The number of para-hydroxylation sites is 1. The Morgan fingerprint density at radius 1 is 1.17 bits per heavy atom. The molecule has 1 aliphatic rings. The summed E-state index contributed by atoms with van der Waals surface area (Å²) in [5, 5.41) is 3.65. The Balaban J connectivity index is 1.35. The fourth-order valence-corrected chi connectivity index (χ4v) is 5.06. The minimum Gasteiger partial charge on any atom is -0.441 e. The molecule has 0 aliphatic carbocycles. The van der Waals surface area contributed by atoms with E-state index in [1.54, 1.807) is 42.2 Å². The van der Waals surface area contributed by atoms with Crippen LogP contribution in [0.1, 0.15) is 31.7 Å². The largest absolute Gasteiger partial charge is 0.441 e. The van der Waals surface area contributed by atoms with Gasteiger partial charge in [0.05, 0.1) is 34.7 Å². The van der Waals surface area contributed by atoms with Gasteiger partial charge in [-0.15, -0.1) is 11.3 Å².